The van der Waals surface area contributed by atoms with Gasteiger partial charge in [-0.2, -0.15) is 0 Å². The second-order valence-corrected chi connectivity index (χ2v) is 6.72. The highest BCUT2D eigenvalue weighted by molar-refractivity contribution is 6.00. The average Bonchev–Trinajstić information content (AvgIpc) is 3.09. The van der Waals surface area contributed by atoms with Crippen LogP contribution < -0.4 is 4.74 Å². The molecule has 2 heterocycles. The van der Waals surface area contributed by atoms with Gasteiger partial charge < -0.3 is 19.1 Å². The Balaban J connectivity index is 1.97. The van der Waals surface area contributed by atoms with Gasteiger partial charge in [0.15, 0.2) is 0 Å². The van der Waals surface area contributed by atoms with Crippen molar-refractivity contribution in [1.82, 2.24) is 14.4 Å². The van der Waals surface area contributed by atoms with Gasteiger partial charge in [0, 0.05) is 38.1 Å². The number of fused-ring (bicyclic) bond motifs is 1. The van der Waals surface area contributed by atoms with Gasteiger partial charge in [-0.05, 0) is 31.7 Å². The molecule has 3 rings (SSSR count). The summed E-state index contributed by atoms with van der Waals surface area (Å²) in [6.07, 6.45) is 5.82. The predicted molar refractivity (Wildman–Crippen MR) is 110 cm³/mol. The van der Waals surface area contributed by atoms with E-state index < -0.39 is 0 Å². The summed E-state index contributed by atoms with van der Waals surface area (Å²) in [5, 5.41) is 0.972. The van der Waals surface area contributed by atoms with E-state index in [0.717, 1.165) is 55.1 Å². The van der Waals surface area contributed by atoms with Crippen molar-refractivity contribution in [2.24, 2.45) is 0 Å². The van der Waals surface area contributed by atoms with E-state index in [-0.39, 0.29) is 5.91 Å². The maximum atomic E-state index is 13.3. The Morgan fingerprint density at radius 1 is 1.26 bits per heavy atom. The zero-order chi connectivity index (χ0) is 19.2. The van der Waals surface area contributed by atoms with Gasteiger partial charge in [0.05, 0.1) is 5.52 Å². The predicted octanol–water partition coefficient (Wildman–Crippen LogP) is 3.56. The van der Waals surface area contributed by atoms with E-state index >= 15 is 0 Å². The molecule has 1 aromatic carbocycles. The zero-order valence-electron chi connectivity index (χ0n) is 16.4. The summed E-state index contributed by atoms with van der Waals surface area (Å²) in [4.78, 5) is 17.6. The lowest BCUT2D eigenvalue weighted by Gasteiger charge is -2.34. The van der Waals surface area contributed by atoms with Crippen LogP contribution in [0.3, 0.4) is 0 Å². The highest BCUT2D eigenvalue weighted by atomic mass is 16.5. The van der Waals surface area contributed by atoms with Crippen LogP contribution >= 0.6 is 0 Å². The molecule has 2 aromatic rings. The molecule has 0 atom stereocenters. The second-order valence-electron chi connectivity index (χ2n) is 6.72. The summed E-state index contributed by atoms with van der Waals surface area (Å²) < 4.78 is 7.90. The quantitative estimate of drug-likeness (QED) is 0.702. The Morgan fingerprint density at radius 2 is 2.04 bits per heavy atom. The van der Waals surface area contributed by atoms with Crippen molar-refractivity contribution in [3.05, 3.63) is 54.8 Å². The molecule has 0 spiro atoms. The topological polar surface area (TPSA) is 37.7 Å². The second kappa shape index (κ2) is 8.91. The molecule has 1 aliphatic rings. The molecule has 1 aromatic heterocycles. The first-order chi connectivity index (χ1) is 13.2. The Hall–Kier alpha value is -2.53. The number of benzene rings is 1. The van der Waals surface area contributed by atoms with Gasteiger partial charge >= 0.3 is 0 Å². The number of hydrogen-bond donors (Lipinski definition) is 0. The van der Waals surface area contributed by atoms with E-state index in [1.807, 2.05) is 42.2 Å². The van der Waals surface area contributed by atoms with Crippen molar-refractivity contribution < 1.29 is 9.53 Å². The minimum Gasteiger partial charge on any atom is -0.489 e. The fourth-order valence-corrected chi connectivity index (χ4v) is 3.55. The number of aromatic nitrogens is 1. The van der Waals surface area contributed by atoms with Crippen molar-refractivity contribution in [3.8, 4) is 5.75 Å². The number of ether oxygens (including phenoxy) is 1. The molecule has 0 radical (unpaired) electrons. The molecule has 0 aliphatic carbocycles. The van der Waals surface area contributed by atoms with Crippen molar-refractivity contribution in [1.29, 1.82) is 0 Å². The van der Waals surface area contributed by atoms with Gasteiger partial charge in [-0.25, -0.2) is 0 Å². The molecule has 1 fully saturated rings. The van der Waals surface area contributed by atoms with E-state index in [1.165, 1.54) is 0 Å². The molecule has 27 heavy (non-hydrogen) atoms. The molecule has 0 bridgehead atoms. The first-order valence-electron chi connectivity index (χ1n) is 9.68. The lowest BCUT2D eigenvalue weighted by Crippen LogP contribution is -2.48. The molecule has 0 N–H and O–H groups in total. The molecule has 1 aliphatic heterocycles. The lowest BCUT2D eigenvalue weighted by atomic mass is 10.2. The average molecular weight is 367 g/mol. The smallest absolute Gasteiger partial charge is 0.270 e. The van der Waals surface area contributed by atoms with Gasteiger partial charge in [0.25, 0.3) is 5.91 Å². The summed E-state index contributed by atoms with van der Waals surface area (Å²) >= 11 is 0. The van der Waals surface area contributed by atoms with Gasteiger partial charge in [-0.15, -0.1) is 0 Å². The van der Waals surface area contributed by atoms with Crippen LogP contribution in [0.25, 0.3) is 10.9 Å². The number of piperazine rings is 1. The first kappa shape index (κ1) is 19.2. The van der Waals surface area contributed by atoms with Crippen molar-refractivity contribution in [2.45, 2.75) is 20.4 Å². The van der Waals surface area contributed by atoms with E-state index in [2.05, 4.69) is 29.0 Å². The summed E-state index contributed by atoms with van der Waals surface area (Å²) in [5.41, 5.74) is 1.74. The van der Waals surface area contributed by atoms with Crippen LogP contribution in [0.2, 0.25) is 0 Å². The van der Waals surface area contributed by atoms with Crippen LogP contribution in [0.15, 0.2) is 49.1 Å². The molecule has 5 heteroatoms. The van der Waals surface area contributed by atoms with Crippen LogP contribution in [0.1, 0.15) is 24.3 Å². The monoisotopic (exact) mass is 367 g/mol. The first-order valence-corrected chi connectivity index (χ1v) is 9.68. The lowest BCUT2D eigenvalue weighted by molar-refractivity contribution is 0.0634. The third-order valence-corrected chi connectivity index (χ3v) is 5.11. The van der Waals surface area contributed by atoms with Crippen LogP contribution in [0.5, 0.6) is 5.75 Å². The maximum Gasteiger partial charge on any atom is 0.270 e. The summed E-state index contributed by atoms with van der Waals surface area (Å²) in [6, 6.07) is 7.94. The van der Waals surface area contributed by atoms with Crippen LogP contribution in [-0.2, 0) is 6.54 Å². The Kier molecular flexibility index (Phi) is 6.35. The third kappa shape index (κ3) is 4.08. The number of nitrogens with zero attached hydrogens (tertiary/aromatic N) is 3. The number of allylic oxidation sites excluding steroid dienone is 2. The molecular formula is C22H29N3O2. The van der Waals surface area contributed by atoms with Crippen LogP contribution in [0, 0.1) is 0 Å². The molecular weight excluding hydrogens is 338 g/mol. The minimum absolute atomic E-state index is 0.0983. The van der Waals surface area contributed by atoms with E-state index in [1.54, 1.807) is 6.08 Å². The number of carbonyl (C=O) groups excluding carboxylic acids is 1. The molecule has 144 valence electrons. The molecule has 1 saturated heterocycles. The van der Waals surface area contributed by atoms with Gasteiger partial charge in [-0.3, -0.25) is 4.79 Å². The number of rotatable bonds is 7. The van der Waals surface area contributed by atoms with Crippen molar-refractivity contribution >= 4 is 16.8 Å². The fraction of sp³-hybridized carbons (Fsp3) is 0.409. The highest BCUT2D eigenvalue weighted by Gasteiger charge is 2.25. The minimum atomic E-state index is 0.0983. The van der Waals surface area contributed by atoms with Gasteiger partial charge in [0.1, 0.15) is 18.1 Å². The highest BCUT2D eigenvalue weighted by Crippen LogP contribution is 2.30. The summed E-state index contributed by atoms with van der Waals surface area (Å²) in [6.45, 7) is 13.4. The van der Waals surface area contributed by atoms with Crippen molar-refractivity contribution in [3.63, 3.8) is 0 Å². The van der Waals surface area contributed by atoms with E-state index in [0.29, 0.717) is 13.2 Å². The normalized spacial score (nSPS) is 15.6. The largest absolute Gasteiger partial charge is 0.489 e. The number of amides is 1. The van der Waals surface area contributed by atoms with Crippen LogP contribution in [-0.4, -0.2) is 59.6 Å². The third-order valence-electron chi connectivity index (χ3n) is 5.11. The Bertz CT molecular complexity index is 829. The molecule has 5 nitrogen and oxygen atoms in total. The number of likely N-dealkylation sites (N-methyl/N-ethyl adjacent to an activating group) is 1. The van der Waals surface area contributed by atoms with Crippen LogP contribution in [0.4, 0.5) is 0 Å². The van der Waals surface area contributed by atoms with E-state index in [9.17, 15) is 4.79 Å². The maximum absolute atomic E-state index is 13.3. The summed E-state index contributed by atoms with van der Waals surface area (Å²) in [7, 11) is 0. The SMILES string of the molecule is C=CCOc1cccc2c1cc(C(=O)N1CCN(CC)CC1)n2C/C=C\C. The Morgan fingerprint density at radius 3 is 2.70 bits per heavy atom. The fourth-order valence-electron chi connectivity index (χ4n) is 3.55. The summed E-state index contributed by atoms with van der Waals surface area (Å²) in [5.74, 6) is 0.887. The van der Waals surface area contributed by atoms with Gasteiger partial charge in [-0.1, -0.05) is 37.8 Å². The molecule has 0 saturated carbocycles. The van der Waals surface area contributed by atoms with Crippen molar-refractivity contribution in [2.75, 3.05) is 39.3 Å². The Labute approximate surface area is 161 Å². The molecule has 1 amide bonds. The number of hydrogen-bond acceptors (Lipinski definition) is 3. The molecule has 0 unspecified atom stereocenters. The van der Waals surface area contributed by atoms with E-state index in [4.69, 9.17) is 4.74 Å². The number of carbonyl (C=O) groups is 1. The standard InChI is InChI=1S/C22H29N3O2/c1-4-7-11-25-19-9-8-10-21(27-16-5-2)18(19)17-20(25)22(26)24-14-12-23(6-3)13-15-24/h4-5,7-10,17H,2,6,11-16H2,1,3H3/b7-4-. The zero-order valence-corrected chi connectivity index (χ0v) is 16.4. The van der Waals surface area contributed by atoms with Gasteiger partial charge in [0.2, 0.25) is 0 Å².